The van der Waals surface area contributed by atoms with Gasteiger partial charge < -0.3 is 14.6 Å². The topological polar surface area (TPSA) is 72.8 Å². The fourth-order valence-electron chi connectivity index (χ4n) is 1.47. The van der Waals surface area contributed by atoms with Gasteiger partial charge in [-0.1, -0.05) is 0 Å². The van der Waals surface area contributed by atoms with E-state index in [4.69, 9.17) is 0 Å². The molecule has 1 aliphatic heterocycles. The molecule has 92 valence electrons. The minimum Gasteiger partial charge on any atom is -0.468 e. The van der Waals surface area contributed by atoms with Crippen LogP contribution in [0.2, 0.25) is 0 Å². The first-order valence-electron chi connectivity index (χ1n) is 4.58. The van der Waals surface area contributed by atoms with Crippen LogP contribution in [0.1, 0.15) is 0 Å². The number of aliphatic hydroxyl groups is 1. The molecule has 0 bridgehead atoms. The van der Waals surface area contributed by atoms with Crippen LogP contribution in [-0.4, -0.2) is 53.5 Å². The standard InChI is InChI=1S/C9H14O5S2/c1-13-7(10)6(8(11)14-2)9(12)3-15-5-16-4-9/h6,12H,3-5H2,1-2H3. The van der Waals surface area contributed by atoms with Crippen molar-refractivity contribution < 1.29 is 24.2 Å². The molecule has 1 rings (SSSR count). The first-order chi connectivity index (χ1) is 7.55. The molecule has 0 aromatic carbocycles. The molecular weight excluding hydrogens is 252 g/mol. The summed E-state index contributed by atoms with van der Waals surface area (Å²) in [5.74, 6) is -2.11. The molecule has 0 amide bonds. The van der Waals surface area contributed by atoms with Crippen LogP contribution in [-0.2, 0) is 19.1 Å². The van der Waals surface area contributed by atoms with Gasteiger partial charge in [-0.2, -0.15) is 0 Å². The third-order valence-electron chi connectivity index (χ3n) is 2.28. The van der Waals surface area contributed by atoms with Gasteiger partial charge in [0.05, 0.1) is 14.2 Å². The van der Waals surface area contributed by atoms with E-state index in [2.05, 4.69) is 9.47 Å². The van der Waals surface area contributed by atoms with Crippen molar-refractivity contribution in [3.05, 3.63) is 0 Å². The number of carbonyl (C=O) groups is 2. The van der Waals surface area contributed by atoms with E-state index < -0.39 is 23.5 Å². The van der Waals surface area contributed by atoms with Crippen LogP contribution in [0.5, 0.6) is 0 Å². The van der Waals surface area contributed by atoms with Gasteiger partial charge in [-0.05, 0) is 0 Å². The maximum absolute atomic E-state index is 11.5. The summed E-state index contributed by atoms with van der Waals surface area (Å²) in [4.78, 5) is 23.0. The molecule has 1 saturated heterocycles. The van der Waals surface area contributed by atoms with Gasteiger partial charge >= 0.3 is 11.9 Å². The van der Waals surface area contributed by atoms with E-state index in [0.29, 0.717) is 11.5 Å². The summed E-state index contributed by atoms with van der Waals surface area (Å²) in [5.41, 5.74) is -1.38. The average molecular weight is 266 g/mol. The highest BCUT2D eigenvalue weighted by atomic mass is 32.2. The number of carbonyl (C=O) groups excluding carboxylic acids is 2. The van der Waals surface area contributed by atoms with Gasteiger partial charge in [-0.3, -0.25) is 9.59 Å². The molecule has 0 atom stereocenters. The van der Waals surface area contributed by atoms with Crippen molar-refractivity contribution in [3.8, 4) is 0 Å². The summed E-state index contributed by atoms with van der Waals surface area (Å²) in [6.45, 7) is 0. The molecule has 1 aliphatic rings. The van der Waals surface area contributed by atoms with Gasteiger partial charge in [-0.15, -0.1) is 23.5 Å². The number of ether oxygens (including phenoxy) is 2. The van der Waals surface area contributed by atoms with E-state index in [1.54, 1.807) is 0 Å². The Hall–Kier alpha value is -0.400. The molecule has 1 heterocycles. The molecule has 0 spiro atoms. The van der Waals surface area contributed by atoms with Crippen LogP contribution < -0.4 is 0 Å². The lowest BCUT2D eigenvalue weighted by Gasteiger charge is -2.34. The minimum absolute atomic E-state index is 0.328. The Balaban J connectivity index is 2.89. The number of esters is 2. The molecule has 0 aliphatic carbocycles. The molecule has 5 nitrogen and oxygen atoms in total. The summed E-state index contributed by atoms with van der Waals surface area (Å²) in [6.07, 6.45) is 0. The molecule has 16 heavy (non-hydrogen) atoms. The third-order valence-corrected chi connectivity index (χ3v) is 5.02. The van der Waals surface area contributed by atoms with E-state index in [-0.39, 0.29) is 0 Å². The highest BCUT2D eigenvalue weighted by Gasteiger charge is 2.49. The van der Waals surface area contributed by atoms with Gasteiger partial charge in [-0.25, -0.2) is 0 Å². The Morgan fingerprint density at radius 1 is 1.19 bits per heavy atom. The second-order valence-electron chi connectivity index (χ2n) is 3.40. The van der Waals surface area contributed by atoms with Crippen LogP contribution >= 0.6 is 23.5 Å². The second-order valence-corrected chi connectivity index (χ2v) is 5.73. The van der Waals surface area contributed by atoms with Crippen LogP contribution in [0.15, 0.2) is 0 Å². The van der Waals surface area contributed by atoms with E-state index in [1.165, 1.54) is 37.7 Å². The average Bonchev–Trinajstić information content (AvgIpc) is 2.29. The lowest BCUT2D eigenvalue weighted by atomic mass is 9.90. The molecule has 1 N–H and O–H groups in total. The first kappa shape index (κ1) is 13.7. The monoisotopic (exact) mass is 266 g/mol. The molecule has 0 aromatic rings. The van der Waals surface area contributed by atoms with Crippen LogP contribution in [0.25, 0.3) is 0 Å². The van der Waals surface area contributed by atoms with E-state index in [0.717, 1.165) is 5.08 Å². The predicted molar refractivity (Wildman–Crippen MR) is 62.3 cm³/mol. The molecule has 0 unspecified atom stereocenters. The summed E-state index contributed by atoms with van der Waals surface area (Å²) in [6, 6.07) is 0. The fourth-order valence-corrected chi connectivity index (χ4v) is 3.99. The minimum atomic E-state index is -1.38. The van der Waals surface area contributed by atoms with Gasteiger partial charge in [0.2, 0.25) is 0 Å². The van der Waals surface area contributed by atoms with Crippen LogP contribution in [0, 0.1) is 5.92 Å². The highest BCUT2D eigenvalue weighted by molar-refractivity contribution is 8.16. The molecule has 0 radical (unpaired) electrons. The number of hydrogen-bond donors (Lipinski definition) is 1. The predicted octanol–water partition coefficient (Wildman–Crippen LogP) is 0.117. The normalized spacial score (nSPS) is 19.2. The number of hydrogen-bond acceptors (Lipinski definition) is 7. The maximum atomic E-state index is 11.5. The Bertz CT molecular complexity index is 259. The van der Waals surface area contributed by atoms with E-state index >= 15 is 0 Å². The van der Waals surface area contributed by atoms with Crippen molar-refractivity contribution in [1.29, 1.82) is 0 Å². The number of methoxy groups -OCH3 is 2. The van der Waals surface area contributed by atoms with Gasteiger partial charge in [0, 0.05) is 16.6 Å². The van der Waals surface area contributed by atoms with Gasteiger partial charge in [0.15, 0.2) is 5.92 Å². The summed E-state index contributed by atoms with van der Waals surface area (Å²) in [7, 11) is 2.37. The molecule has 0 aromatic heterocycles. The zero-order valence-corrected chi connectivity index (χ0v) is 10.7. The summed E-state index contributed by atoms with van der Waals surface area (Å²) < 4.78 is 9.07. The van der Waals surface area contributed by atoms with Crippen LogP contribution in [0.3, 0.4) is 0 Å². The first-order valence-corrected chi connectivity index (χ1v) is 6.89. The Morgan fingerprint density at radius 2 is 1.62 bits per heavy atom. The molecule has 7 heteroatoms. The van der Waals surface area contributed by atoms with Crippen molar-refractivity contribution in [2.24, 2.45) is 5.92 Å². The maximum Gasteiger partial charge on any atom is 0.323 e. The Labute approximate surface area is 102 Å². The number of thioether (sulfide) groups is 2. The van der Waals surface area contributed by atoms with Crippen LogP contribution in [0.4, 0.5) is 0 Å². The van der Waals surface area contributed by atoms with Crippen molar-refractivity contribution >= 4 is 35.5 Å². The smallest absolute Gasteiger partial charge is 0.323 e. The van der Waals surface area contributed by atoms with E-state index in [9.17, 15) is 14.7 Å². The fraction of sp³-hybridized carbons (Fsp3) is 0.778. The lowest BCUT2D eigenvalue weighted by molar-refractivity contribution is -0.168. The molecular formula is C9H14O5S2. The molecule has 0 saturated carbocycles. The zero-order valence-electron chi connectivity index (χ0n) is 9.10. The van der Waals surface area contributed by atoms with Gasteiger partial charge in [0.1, 0.15) is 5.60 Å². The van der Waals surface area contributed by atoms with E-state index in [1.807, 2.05) is 0 Å². The molecule has 1 fully saturated rings. The lowest BCUT2D eigenvalue weighted by Crippen LogP contribution is -2.52. The summed E-state index contributed by atoms with van der Waals surface area (Å²) in [5, 5.41) is 11.1. The zero-order chi connectivity index (χ0) is 12.2. The SMILES string of the molecule is COC(=O)C(C(=O)OC)C1(O)CSCSC1. The quantitative estimate of drug-likeness (QED) is 0.574. The highest BCUT2D eigenvalue weighted by Crippen LogP contribution is 2.35. The Morgan fingerprint density at radius 3 is 2.00 bits per heavy atom. The van der Waals surface area contributed by atoms with Crippen molar-refractivity contribution in [2.45, 2.75) is 5.60 Å². The van der Waals surface area contributed by atoms with Crippen molar-refractivity contribution in [3.63, 3.8) is 0 Å². The van der Waals surface area contributed by atoms with Crippen molar-refractivity contribution in [1.82, 2.24) is 0 Å². The third kappa shape index (κ3) is 2.83. The van der Waals surface area contributed by atoms with Gasteiger partial charge in [0.25, 0.3) is 0 Å². The Kier molecular flexibility index (Phi) is 4.94. The second kappa shape index (κ2) is 5.79. The largest absolute Gasteiger partial charge is 0.468 e. The number of rotatable bonds is 3. The van der Waals surface area contributed by atoms with Crippen molar-refractivity contribution in [2.75, 3.05) is 30.8 Å². The summed E-state index contributed by atoms with van der Waals surface area (Å²) >= 11 is 2.97.